The summed E-state index contributed by atoms with van der Waals surface area (Å²) in [6.45, 7) is 7.38. The molecular formula is C28H37N5O3. The zero-order chi connectivity index (χ0) is 25.8. The predicted octanol–water partition coefficient (Wildman–Crippen LogP) is 4.71. The average Bonchev–Trinajstić information content (AvgIpc) is 3.34. The van der Waals surface area contributed by atoms with Gasteiger partial charge in [-0.25, -0.2) is 4.98 Å². The third-order valence-corrected chi connectivity index (χ3v) is 7.24. The first-order chi connectivity index (χ1) is 17.2. The molecule has 8 nitrogen and oxygen atoms in total. The van der Waals surface area contributed by atoms with Gasteiger partial charge in [0.2, 0.25) is 0 Å². The van der Waals surface area contributed by atoms with Gasteiger partial charge in [0.1, 0.15) is 11.8 Å². The van der Waals surface area contributed by atoms with Crippen molar-refractivity contribution >= 4 is 17.2 Å². The lowest BCUT2D eigenvalue weighted by Crippen LogP contribution is -2.38. The number of carbonyl (C=O) groups excluding carboxylic acids is 1. The molecule has 0 radical (unpaired) electrons. The Kier molecular flexibility index (Phi) is 7.94. The topological polar surface area (TPSA) is 103 Å². The number of hydrogen-bond donors (Lipinski definition) is 2. The Hall–Kier alpha value is -2.99. The SMILES string of the molecule is CN(C)CCOC1(c2ccc(NC(=O)c3ncc(C#N)[nH]3)c(C3=CCC(C)(C)CC3)c2)CCOCC1. The number of nitrogens with zero attached hydrogens (tertiary/aromatic N) is 3. The van der Waals surface area contributed by atoms with Gasteiger partial charge in [-0.15, -0.1) is 0 Å². The molecule has 0 atom stereocenters. The fourth-order valence-electron chi connectivity index (χ4n) is 4.84. The minimum atomic E-state index is -0.414. The number of H-pyrrole nitrogens is 1. The van der Waals surface area contributed by atoms with E-state index in [4.69, 9.17) is 14.7 Å². The summed E-state index contributed by atoms with van der Waals surface area (Å²) in [5.74, 6) is -0.251. The quantitative estimate of drug-likeness (QED) is 0.554. The van der Waals surface area contributed by atoms with Gasteiger partial charge in [-0.1, -0.05) is 26.0 Å². The number of ether oxygens (including phenoxy) is 2. The first-order valence-corrected chi connectivity index (χ1v) is 12.7. The van der Waals surface area contributed by atoms with Crippen LogP contribution in [0.3, 0.4) is 0 Å². The Labute approximate surface area is 213 Å². The van der Waals surface area contributed by atoms with Gasteiger partial charge in [-0.05, 0) is 62.0 Å². The van der Waals surface area contributed by atoms with E-state index in [0.29, 0.717) is 19.8 Å². The standard InChI is InChI=1S/C28H37N5O3/c1-27(2)9-7-20(8-10-27)23-17-21(28(11-14-35-15-12-28)36-16-13-33(3)4)5-6-24(23)32-26(34)25-30-19-22(18-29)31-25/h5-7,17,19H,8-16H2,1-4H3,(H,30,31)(H,32,34). The summed E-state index contributed by atoms with van der Waals surface area (Å²) in [7, 11) is 4.09. The van der Waals surface area contributed by atoms with Gasteiger partial charge in [-0.3, -0.25) is 4.79 Å². The largest absolute Gasteiger partial charge is 0.381 e. The summed E-state index contributed by atoms with van der Waals surface area (Å²) in [5.41, 5.74) is 4.22. The molecule has 0 bridgehead atoms. The first kappa shape index (κ1) is 26.1. The van der Waals surface area contributed by atoms with Crippen LogP contribution in [0.2, 0.25) is 0 Å². The number of aromatic nitrogens is 2. The first-order valence-electron chi connectivity index (χ1n) is 12.7. The second kappa shape index (κ2) is 11.0. The van der Waals surface area contributed by atoms with E-state index in [2.05, 4.69) is 52.2 Å². The molecule has 0 saturated carbocycles. The monoisotopic (exact) mass is 491 g/mol. The lowest BCUT2D eigenvalue weighted by atomic mass is 9.76. The molecule has 8 heteroatoms. The zero-order valence-electron chi connectivity index (χ0n) is 21.8. The number of amides is 1. The summed E-state index contributed by atoms with van der Waals surface area (Å²) in [5, 5.41) is 12.1. The minimum Gasteiger partial charge on any atom is -0.381 e. The predicted molar refractivity (Wildman–Crippen MR) is 140 cm³/mol. The van der Waals surface area contributed by atoms with Crippen LogP contribution in [0.15, 0.2) is 30.5 Å². The maximum atomic E-state index is 13.0. The lowest BCUT2D eigenvalue weighted by Gasteiger charge is -2.38. The van der Waals surface area contributed by atoms with Crippen molar-refractivity contribution in [3.63, 3.8) is 0 Å². The third-order valence-electron chi connectivity index (χ3n) is 7.24. The van der Waals surface area contributed by atoms with Crippen LogP contribution in [0.25, 0.3) is 5.57 Å². The van der Waals surface area contributed by atoms with Gasteiger partial charge in [-0.2, -0.15) is 5.26 Å². The molecule has 2 aliphatic rings. The highest BCUT2D eigenvalue weighted by molar-refractivity contribution is 6.03. The number of benzene rings is 1. The van der Waals surface area contributed by atoms with E-state index < -0.39 is 5.60 Å². The molecule has 0 unspecified atom stereocenters. The van der Waals surface area contributed by atoms with Gasteiger partial charge in [0, 0.05) is 43.9 Å². The molecule has 0 spiro atoms. The van der Waals surface area contributed by atoms with Crippen molar-refractivity contribution in [3.05, 3.63) is 53.1 Å². The van der Waals surface area contributed by atoms with Crippen LogP contribution in [0.1, 0.15) is 73.4 Å². The summed E-state index contributed by atoms with van der Waals surface area (Å²) < 4.78 is 12.3. The van der Waals surface area contributed by atoms with E-state index in [-0.39, 0.29) is 22.8 Å². The lowest BCUT2D eigenvalue weighted by molar-refractivity contribution is -0.118. The molecule has 1 aliphatic carbocycles. The Morgan fingerprint density at radius 3 is 2.69 bits per heavy atom. The van der Waals surface area contributed by atoms with Gasteiger partial charge in [0.05, 0.1) is 18.4 Å². The number of nitrogens with one attached hydrogen (secondary N) is 2. The Balaban J connectivity index is 1.69. The van der Waals surface area contributed by atoms with E-state index >= 15 is 0 Å². The van der Waals surface area contributed by atoms with Crippen LogP contribution in [0, 0.1) is 16.7 Å². The number of aromatic amines is 1. The second-order valence-corrected chi connectivity index (χ2v) is 10.8. The van der Waals surface area contributed by atoms with Crippen molar-refractivity contribution in [2.24, 2.45) is 5.41 Å². The van der Waals surface area contributed by atoms with Crippen LogP contribution in [0.4, 0.5) is 5.69 Å². The van der Waals surface area contributed by atoms with Crippen molar-refractivity contribution in [1.82, 2.24) is 14.9 Å². The molecule has 1 fully saturated rings. The molecule has 1 amide bonds. The van der Waals surface area contributed by atoms with Gasteiger partial charge in [0.15, 0.2) is 5.82 Å². The number of rotatable bonds is 8. The van der Waals surface area contributed by atoms with Crippen molar-refractivity contribution < 1.29 is 14.3 Å². The number of nitriles is 1. The molecule has 36 heavy (non-hydrogen) atoms. The highest BCUT2D eigenvalue weighted by atomic mass is 16.5. The average molecular weight is 492 g/mol. The molecule has 1 aromatic heterocycles. The number of carbonyl (C=O) groups is 1. The number of anilines is 1. The number of allylic oxidation sites excluding steroid dienone is 2. The van der Waals surface area contributed by atoms with Crippen LogP contribution in [0.5, 0.6) is 0 Å². The second-order valence-electron chi connectivity index (χ2n) is 10.8. The molecule has 2 heterocycles. The third kappa shape index (κ3) is 6.04. The highest BCUT2D eigenvalue weighted by Crippen LogP contribution is 2.43. The van der Waals surface area contributed by atoms with Crippen molar-refractivity contribution in [3.8, 4) is 6.07 Å². The van der Waals surface area contributed by atoms with Gasteiger partial charge in [0.25, 0.3) is 5.91 Å². The maximum Gasteiger partial charge on any atom is 0.291 e. The van der Waals surface area contributed by atoms with Crippen LogP contribution < -0.4 is 5.32 Å². The molecular weight excluding hydrogens is 454 g/mol. The number of hydrogen-bond acceptors (Lipinski definition) is 6. The van der Waals surface area contributed by atoms with Crippen LogP contribution >= 0.6 is 0 Å². The molecule has 1 aliphatic heterocycles. The Bertz CT molecular complexity index is 1150. The number of imidazole rings is 1. The summed E-state index contributed by atoms with van der Waals surface area (Å²) >= 11 is 0. The molecule has 2 N–H and O–H groups in total. The normalized spacial score (nSPS) is 18.9. The van der Waals surface area contributed by atoms with Crippen molar-refractivity contribution in [2.45, 2.75) is 51.6 Å². The van der Waals surface area contributed by atoms with E-state index in [1.807, 2.05) is 26.2 Å². The zero-order valence-corrected chi connectivity index (χ0v) is 21.8. The Morgan fingerprint density at radius 2 is 2.06 bits per heavy atom. The maximum absolute atomic E-state index is 13.0. The Morgan fingerprint density at radius 1 is 1.28 bits per heavy atom. The van der Waals surface area contributed by atoms with Gasteiger partial charge >= 0.3 is 0 Å². The van der Waals surface area contributed by atoms with E-state index in [0.717, 1.165) is 55.5 Å². The minimum absolute atomic E-state index is 0.119. The van der Waals surface area contributed by atoms with Crippen LogP contribution in [-0.4, -0.2) is 61.2 Å². The number of likely N-dealkylation sites (N-methyl/N-ethyl adjacent to an activating group) is 1. The highest BCUT2D eigenvalue weighted by Gasteiger charge is 2.36. The van der Waals surface area contributed by atoms with E-state index in [1.54, 1.807) is 0 Å². The molecule has 2 aromatic rings. The smallest absolute Gasteiger partial charge is 0.291 e. The van der Waals surface area contributed by atoms with E-state index in [9.17, 15) is 4.79 Å². The summed E-state index contributed by atoms with van der Waals surface area (Å²) in [6, 6.07) is 8.21. The van der Waals surface area contributed by atoms with Gasteiger partial charge < -0.3 is 24.7 Å². The fourth-order valence-corrected chi connectivity index (χ4v) is 4.84. The van der Waals surface area contributed by atoms with Crippen LogP contribution in [-0.2, 0) is 15.1 Å². The summed E-state index contributed by atoms with van der Waals surface area (Å²) in [4.78, 5) is 21.9. The molecule has 192 valence electrons. The molecule has 1 saturated heterocycles. The molecule has 4 rings (SSSR count). The van der Waals surface area contributed by atoms with Crippen molar-refractivity contribution in [2.75, 3.05) is 45.8 Å². The van der Waals surface area contributed by atoms with E-state index in [1.165, 1.54) is 11.8 Å². The summed E-state index contributed by atoms with van der Waals surface area (Å²) in [6.07, 6.45) is 8.27. The molecule has 1 aromatic carbocycles. The van der Waals surface area contributed by atoms with Crippen molar-refractivity contribution in [1.29, 1.82) is 5.26 Å². The fraction of sp³-hybridized carbons (Fsp3) is 0.536.